The van der Waals surface area contributed by atoms with Crippen LogP contribution in [0.2, 0.25) is 0 Å². The molecule has 0 radical (unpaired) electrons. The zero-order valence-corrected chi connectivity index (χ0v) is 16.7. The molecule has 0 N–H and O–H groups in total. The summed E-state index contributed by atoms with van der Waals surface area (Å²) in [7, 11) is 3.13. The lowest BCUT2D eigenvalue weighted by molar-refractivity contribution is -0.142. The maximum Gasteiger partial charge on any atom is 0.309 e. The number of aromatic nitrogens is 2. The van der Waals surface area contributed by atoms with Crippen molar-refractivity contribution >= 4 is 11.8 Å². The third-order valence-corrected chi connectivity index (χ3v) is 5.92. The Morgan fingerprint density at radius 3 is 2.50 bits per heavy atom. The minimum atomic E-state index is -0.0761. The predicted molar refractivity (Wildman–Crippen MR) is 107 cm³/mol. The number of anilines is 1. The smallest absolute Gasteiger partial charge is 0.309 e. The zero-order chi connectivity index (χ0) is 19.7. The molecule has 28 heavy (non-hydrogen) atoms. The SMILES string of the molecule is CCCCc1cnc(-c2ccc(OC)cc2)c(N2CC3C(C2)C3C(=O)OC)n1. The van der Waals surface area contributed by atoms with Gasteiger partial charge in [-0.2, -0.15) is 0 Å². The minimum Gasteiger partial charge on any atom is -0.497 e. The van der Waals surface area contributed by atoms with Gasteiger partial charge >= 0.3 is 5.97 Å². The number of nitrogens with zero attached hydrogens (tertiary/aromatic N) is 3. The van der Waals surface area contributed by atoms with E-state index in [1.807, 2.05) is 30.5 Å². The first-order chi connectivity index (χ1) is 13.7. The average molecular weight is 381 g/mol. The topological polar surface area (TPSA) is 64.5 Å². The molecule has 2 atom stereocenters. The Balaban J connectivity index is 1.61. The van der Waals surface area contributed by atoms with Crippen LogP contribution in [0.25, 0.3) is 11.3 Å². The minimum absolute atomic E-state index is 0.0573. The molecule has 0 amide bonds. The van der Waals surface area contributed by atoms with Crippen molar-refractivity contribution in [1.29, 1.82) is 0 Å². The van der Waals surface area contributed by atoms with Gasteiger partial charge in [0.1, 0.15) is 11.4 Å². The van der Waals surface area contributed by atoms with Gasteiger partial charge in [-0.1, -0.05) is 13.3 Å². The van der Waals surface area contributed by atoms with Crippen molar-refractivity contribution in [3.05, 3.63) is 36.2 Å². The Bertz CT molecular complexity index is 841. The highest BCUT2D eigenvalue weighted by molar-refractivity contribution is 5.79. The molecular formula is C22H27N3O3. The molecule has 2 unspecified atom stereocenters. The van der Waals surface area contributed by atoms with E-state index in [0.717, 1.165) is 60.9 Å². The third kappa shape index (κ3) is 3.43. The fourth-order valence-corrected chi connectivity index (χ4v) is 4.25. The molecule has 6 heteroatoms. The summed E-state index contributed by atoms with van der Waals surface area (Å²) in [5.74, 6) is 2.47. The molecule has 2 aliphatic rings. The number of aryl methyl sites for hydroxylation is 1. The monoisotopic (exact) mass is 381 g/mol. The van der Waals surface area contributed by atoms with E-state index >= 15 is 0 Å². The lowest BCUT2D eigenvalue weighted by atomic mass is 10.1. The van der Waals surface area contributed by atoms with Crippen molar-refractivity contribution in [2.45, 2.75) is 26.2 Å². The quantitative estimate of drug-likeness (QED) is 0.686. The summed E-state index contributed by atoms with van der Waals surface area (Å²) in [4.78, 5) is 23.9. The number of esters is 1. The Kier molecular flexibility index (Phi) is 5.20. The lowest BCUT2D eigenvalue weighted by Crippen LogP contribution is -2.28. The van der Waals surface area contributed by atoms with Gasteiger partial charge in [-0.05, 0) is 48.9 Å². The number of unbranched alkanes of at least 4 members (excludes halogenated alkanes) is 1. The molecule has 6 nitrogen and oxygen atoms in total. The first kappa shape index (κ1) is 18.7. The number of ether oxygens (including phenoxy) is 2. The number of fused-ring (bicyclic) bond motifs is 1. The van der Waals surface area contributed by atoms with E-state index in [1.165, 1.54) is 7.11 Å². The number of benzene rings is 1. The molecule has 2 fully saturated rings. The van der Waals surface area contributed by atoms with Crippen LogP contribution in [0.4, 0.5) is 5.82 Å². The number of piperidine rings is 1. The summed E-state index contributed by atoms with van der Waals surface area (Å²) in [5.41, 5.74) is 2.94. The molecule has 2 heterocycles. The highest BCUT2D eigenvalue weighted by Gasteiger charge is 2.60. The van der Waals surface area contributed by atoms with Crippen molar-refractivity contribution in [2.75, 3.05) is 32.2 Å². The number of methoxy groups -OCH3 is 2. The van der Waals surface area contributed by atoms with Crippen LogP contribution in [0.3, 0.4) is 0 Å². The van der Waals surface area contributed by atoms with Gasteiger partial charge in [0.05, 0.1) is 25.8 Å². The fourth-order valence-electron chi connectivity index (χ4n) is 4.25. The van der Waals surface area contributed by atoms with Gasteiger partial charge in [0.2, 0.25) is 0 Å². The van der Waals surface area contributed by atoms with Crippen molar-refractivity contribution in [1.82, 2.24) is 9.97 Å². The molecule has 148 valence electrons. The van der Waals surface area contributed by atoms with Crippen LogP contribution in [0.1, 0.15) is 25.5 Å². The summed E-state index contributed by atoms with van der Waals surface area (Å²) < 4.78 is 10.2. The van der Waals surface area contributed by atoms with E-state index in [0.29, 0.717) is 11.8 Å². The summed E-state index contributed by atoms with van der Waals surface area (Å²) in [5, 5.41) is 0. The van der Waals surface area contributed by atoms with E-state index < -0.39 is 0 Å². The molecule has 0 bridgehead atoms. The van der Waals surface area contributed by atoms with Crippen molar-refractivity contribution in [3.8, 4) is 17.0 Å². The van der Waals surface area contributed by atoms with Gasteiger partial charge in [-0.25, -0.2) is 4.98 Å². The molecule has 1 aliphatic carbocycles. The summed E-state index contributed by atoms with van der Waals surface area (Å²) in [6.45, 7) is 3.85. The van der Waals surface area contributed by atoms with Crippen molar-refractivity contribution < 1.29 is 14.3 Å². The van der Waals surface area contributed by atoms with Crippen LogP contribution in [-0.4, -0.2) is 43.2 Å². The summed E-state index contributed by atoms with van der Waals surface area (Å²) in [6, 6.07) is 7.93. The predicted octanol–water partition coefficient (Wildman–Crippen LogP) is 3.35. The second kappa shape index (κ2) is 7.78. The highest BCUT2D eigenvalue weighted by atomic mass is 16.5. The summed E-state index contributed by atoms with van der Waals surface area (Å²) in [6.07, 6.45) is 5.06. The second-order valence-electron chi connectivity index (χ2n) is 7.65. The van der Waals surface area contributed by atoms with Gasteiger partial charge in [0, 0.05) is 24.8 Å². The lowest BCUT2D eigenvalue weighted by Gasteiger charge is -2.23. The Hall–Kier alpha value is -2.63. The molecule has 1 saturated heterocycles. The summed E-state index contributed by atoms with van der Waals surface area (Å²) >= 11 is 0. The number of hydrogen-bond acceptors (Lipinski definition) is 6. The number of carbonyl (C=O) groups is 1. The first-order valence-corrected chi connectivity index (χ1v) is 9.99. The second-order valence-corrected chi connectivity index (χ2v) is 7.65. The van der Waals surface area contributed by atoms with Crippen LogP contribution in [0.15, 0.2) is 30.5 Å². The maximum absolute atomic E-state index is 11.9. The van der Waals surface area contributed by atoms with Gasteiger partial charge in [-0.3, -0.25) is 9.78 Å². The van der Waals surface area contributed by atoms with Crippen LogP contribution in [-0.2, 0) is 16.0 Å². The fraction of sp³-hybridized carbons (Fsp3) is 0.500. The zero-order valence-electron chi connectivity index (χ0n) is 16.7. The molecule has 4 rings (SSSR count). The van der Waals surface area contributed by atoms with Crippen LogP contribution >= 0.6 is 0 Å². The normalized spacial score (nSPS) is 22.7. The Labute approximate surface area is 165 Å². The molecular weight excluding hydrogens is 354 g/mol. The van der Waals surface area contributed by atoms with Gasteiger partial charge in [-0.15, -0.1) is 0 Å². The first-order valence-electron chi connectivity index (χ1n) is 9.99. The highest BCUT2D eigenvalue weighted by Crippen LogP contribution is 2.53. The molecule has 2 aromatic rings. The maximum atomic E-state index is 11.9. The molecule has 0 spiro atoms. The average Bonchev–Trinajstić information content (AvgIpc) is 3.24. The molecule has 1 aromatic carbocycles. The Morgan fingerprint density at radius 1 is 1.18 bits per heavy atom. The van der Waals surface area contributed by atoms with E-state index in [1.54, 1.807) is 7.11 Å². The number of hydrogen-bond donors (Lipinski definition) is 0. The largest absolute Gasteiger partial charge is 0.497 e. The number of carbonyl (C=O) groups excluding carboxylic acids is 1. The third-order valence-electron chi connectivity index (χ3n) is 5.92. The number of rotatable bonds is 7. The molecule has 1 aromatic heterocycles. The van der Waals surface area contributed by atoms with E-state index in [-0.39, 0.29) is 11.9 Å². The molecule has 1 saturated carbocycles. The van der Waals surface area contributed by atoms with Crippen molar-refractivity contribution in [2.24, 2.45) is 17.8 Å². The van der Waals surface area contributed by atoms with E-state index in [4.69, 9.17) is 19.4 Å². The van der Waals surface area contributed by atoms with Crippen molar-refractivity contribution in [3.63, 3.8) is 0 Å². The van der Waals surface area contributed by atoms with Crippen LogP contribution in [0, 0.1) is 17.8 Å². The van der Waals surface area contributed by atoms with E-state index in [2.05, 4.69) is 11.8 Å². The van der Waals surface area contributed by atoms with Gasteiger partial charge in [0.15, 0.2) is 5.82 Å². The molecule has 1 aliphatic heterocycles. The van der Waals surface area contributed by atoms with Crippen LogP contribution < -0.4 is 9.64 Å². The van der Waals surface area contributed by atoms with E-state index in [9.17, 15) is 4.79 Å². The van der Waals surface area contributed by atoms with Crippen LogP contribution in [0.5, 0.6) is 5.75 Å². The van der Waals surface area contributed by atoms with Gasteiger partial charge in [0.25, 0.3) is 0 Å². The Morgan fingerprint density at radius 2 is 1.89 bits per heavy atom. The van der Waals surface area contributed by atoms with Gasteiger partial charge < -0.3 is 14.4 Å². The standard InChI is InChI=1S/C22H27N3O3/c1-4-5-6-15-11-23-20(14-7-9-16(27-2)10-8-14)21(24-15)25-12-17-18(13-25)19(17)22(26)28-3/h7-11,17-19H,4-6,12-13H2,1-3H3.